The molecule has 3 fully saturated rings. The van der Waals surface area contributed by atoms with Gasteiger partial charge in [0.1, 0.15) is 12.0 Å². The highest BCUT2D eigenvalue weighted by atomic mass is 19.1. The molecular formula is C21H28FN7. The first kappa shape index (κ1) is 18.9. The smallest absolute Gasteiger partial charge is 0.128 e. The van der Waals surface area contributed by atoms with Crippen LogP contribution in [0, 0.1) is 5.92 Å². The van der Waals surface area contributed by atoms with Crippen molar-refractivity contribution in [1.29, 1.82) is 0 Å². The zero-order valence-electron chi connectivity index (χ0n) is 16.3. The van der Waals surface area contributed by atoms with E-state index < -0.39 is 12.2 Å². The fourth-order valence-electron chi connectivity index (χ4n) is 4.85. The summed E-state index contributed by atoms with van der Waals surface area (Å²) in [6, 6.07) is 10.6. The average Bonchev–Trinajstić information content (AvgIpc) is 3.20. The molecule has 0 radical (unpaired) electrons. The van der Waals surface area contributed by atoms with Crippen molar-refractivity contribution < 1.29 is 4.39 Å². The molecule has 0 spiro atoms. The van der Waals surface area contributed by atoms with E-state index in [0.29, 0.717) is 37.5 Å². The second-order valence-corrected chi connectivity index (χ2v) is 8.35. The molecule has 5 rings (SSSR count). The molecule has 0 amide bonds. The average molecular weight is 398 g/mol. The van der Waals surface area contributed by atoms with Gasteiger partial charge < -0.3 is 16.0 Å². The predicted molar refractivity (Wildman–Crippen MR) is 110 cm³/mol. The Morgan fingerprint density at radius 3 is 2.93 bits per heavy atom. The Bertz CT molecular complexity index is 835. The lowest BCUT2D eigenvalue weighted by molar-refractivity contribution is 0.244. The molecular weight excluding hydrogens is 369 g/mol. The van der Waals surface area contributed by atoms with Gasteiger partial charge in [0, 0.05) is 50.0 Å². The van der Waals surface area contributed by atoms with Crippen molar-refractivity contribution in [2.24, 2.45) is 11.7 Å². The first-order valence-corrected chi connectivity index (χ1v) is 10.4. The summed E-state index contributed by atoms with van der Waals surface area (Å²) < 4.78 is 13.8. The van der Waals surface area contributed by atoms with Crippen LogP contribution in [0.2, 0.25) is 0 Å². The Morgan fingerprint density at radius 1 is 1.17 bits per heavy atom. The summed E-state index contributed by atoms with van der Waals surface area (Å²) in [5.74, 6) is 1.30. The van der Waals surface area contributed by atoms with Crippen LogP contribution in [-0.4, -0.2) is 47.9 Å². The van der Waals surface area contributed by atoms with Crippen molar-refractivity contribution in [1.82, 2.24) is 26.1 Å². The zero-order chi connectivity index (χ0) is 19.8. The summed E-state index contributed by atoms with van der Waals surface area (Å²) in [6.45, 7) is 2.06. The van der Waals surface area contributed by atoms with E-state index >= 15 is 0 Å². The molecule has 3 saturated heterocycles. The highest BCUT2D eigenvalue weighted by Crippen LogP contribution is 2.38. The van der Waals surface area contributed by atoms with Crippen LogP contribution >= 0.6 is 0 Å². The number of nitrogens with zero attached hydrogens (tertiary/aromatic N) is 3. The molecule has 5 heterocycles. The van der Waals surface area contributed by atoms with E-state index in [-0.39, 0.29) is 6.04 Å². The number of hydrazine groups is 1. The fraction of sp³-hybridized carbons (Fsp3) is 0.524. The summed E-state index contributed by atoms with van der Waals surface area (Å²) in [6.07, 6.45) is 4.29. The van der Waals surface area contributed by atoms with Gasteiger partial charge in [0.05, 0.1) is 17.8 Å². The molecule has 6 atom stereocenters. The predicted octanol–water partition coefficient (Wildman–Crippen LogP) is 1.22. The summed E-state index contributed by atoms with van der Waals surface area (Å²) >= 11 is 0. The Hall–Kier alpha value is -2.13. The van der Waals surface area contributed by atoms with Crippen LogP contribution in [0.4, 0.5) is 10.2 Å². The van der Waals surface area contributed by atoms with Crippen LogP contribution in [0.3, 0.4) is 0 Å². The first-order chi connectivity index (χ1) is 14.2. The third kappa shape index (κ3) is 3.73. The van der Waals surface area contributed by atoms with Gasteiger partial charge >= 0.3 is 0 Å². The molecule has 8 heteroatoms. The standard InChI is InChI=1S/C21H28FN7/c22-15-6-8-29(12-16(15)23)20-5-1-4-17(26-20)21-14-9-18(13-3-2-7-24-10-13)25-11-19(14)27-28-21/h1-5,7,10,14-16,18-19,21,25,27-28H,6,8-9,11-12,23H2. The van der Waals surface area contributed by atoms with E-state index in [4.69, 9.17) is 10.7 Å². The minimum atomic E-state index is -0.921. The van der Waals surface area contributed by atoms with Gasteiger partial charge in [0.2, 0.25) is 0 Å². The van der Waals surface area contributed by atoms with Gasteiger partial charge in [-0.2, -0.15) is 0 Å². The number of hydrogen-bond donors (Lipinski definition) is 4. The highest BCUT2D eigenvalue weighted by molar-refractivity contribution is 5.41. The van der Waals surface area contributed by atoms with E-state index in [9.17, 15) is 4.39 Å². The number of alkyl halides is 1. The molecule has 3 aliphatic rings. The summed E-state index contributed by atoms with van der Waals surface area (Å²) in [7, 11) is 0. The Kier molecular flexibility index (Phi) is 5.17. The minimum Gasteiger partial charge on any atom is -0.355 e. The van der Waals surface area contributed by atoms with Crippen LogP contribution in [0.1, 0.15) is 36.2 Å². The molecule has 0 bridgehead atoms. The zero-order valence-corrected chi connectivity index (χ0v) is 16.3. The Morgan fingerprint density at radius 2 is 2.10 bits per heavy atom. The van der Waals surface area contributed by atoms with Gasteiger partial charge in [-0.3, -0.25) is 10.4 Å². The monoisotopic (exact) mass is 397 g/mol. The lowest BCUT2D eigenvalue weighted by atomic mass is 9.81. The van der Waals surface area contributed by atoms with E-state index in [1.54, 1.807) is 0 Å². The first-order valence-electron chi connectivity index (χ1n) is 10.4. The molecule has 5 N–H and O–H groups in total. The summed E-state index contributed by atoms with van der Waals surface area (Å²) in [4.78, 5) is 11.3. The molecule has 3 aliphatic heterocycles. The van der Waals surface area contributed by atoms with Crippen molar-refractivity contribution >= 4 is 5.82 Å². The molecule has 2 aromatic rings. The van der Waals surface area contributed by atoms with Gasteiger partial charge in [-0.05, 0) is 36.6 Å². The maximum absolute atomic E-state index is 13.8. The number of piperidine rings is 2. The molecule has 0 saturated carbocycles. The number of nitrogens with one attached hydrogen (secondary N) is 3. The van der Waals surface area contributed by atoms with Crippen LogP contribution in [0.5, 0.6) is 0 Å². The summed E-state index contributed by atoms with van der Waals surface area (Å²) in [5.41, 5.74) is 15.1. The molecule has 29 heavy (non-hydrogen) atoms. The van der Waals surface area contributed by atoms with Gasteiger partial charge in [-0.15, -0.1) is 0 Å². The lowest BCUT2D eigenvalue weighted by Gasteiger charge is -2.35. The third-order valence-corrected chi connectivity index (χ3v) is 6.52. The Labute approximate surface area is 170 Å². The SMILES string of the molecule is NC1CN(c2cccc(C3NNC4CNC(c5cccnc5)CC43)n2)CCC1F. The molecule has 0 aliphatic carbocycles. The van der Waals surface area contributed by atoms with Gasteiger partial charge in [0.25, 0.3) is 0 Å². The molecule has 0 aromatic carbocycles. The van der Waals surface area contributed by atoms with Crippen LogP contribution in [0.15, 0.2) is 42.7 Å². The van der Waals surface area contributed by atoms with Crippen LogP contribution in [-0.2, 0) is 0 Å². The Balaban J connectivity index is 1.34. The lowest BCUT2D eigenvalue weighted by Crippen LogP contribution is -2.50. The number of halogens is 1. The van der Waals surface area contributed by atoms with Crippen molar-refractivity contribution in [3.8, 4) is 0 Å². The largest absolute Gasteiger partial charge is 0.355 e. The fourth-order valence-corrected chi connectivity index (χ4v) is 4.85. The van der Waals surface area contributed by atoms with Crippen LogP contribution < -0.4 is 26.8 Å². The van der Waals surface area contributed by atoms with E-state index in [1.807, 2.05) is 30.6 Å². The van der Waals surface area contributed by atoms with Gasteiger partial charge in [0.15, 0.2) is 0 Å². The van der Waals surface area contributed by atoms with Crippen molar-refractivity contribution in [2.45, 2.75) is 43.2 Å². The van der Waals surface area contributed by atoms with E-state index in [1.165, 1.54) is 5.56 Å². The van der Waals surface area contributed by atoms with Crippen molar-refractivity contribution in [3.63, 3.8) is 0 Å². The maximum Gasteiger partial charge on any atom is 0.128 e. The van der Waals surface area contributed by atoms with Crippen molar-refractivity contribution in [3.05, 3.63) is 54.0 Å². The third-order valence-electron chi connectivity index (χ3n) is 6.52. The van der Waals surface area contributed by atoms with Crippen LogP contribution in [0.25, 0.3) is 0 Å². The minimum absolute atomic E-state index is 0.133. The van der Waals surface area contributed by atoms with Gasteiger partial charge in [-0.25, -0.2) is 14.8 Å². The molecule has 7 nitrogen and oxygen atoms in total. The quantitative estimate of drug-likeness (QED) is 0.619. The van der Waals surface area contributed by atoms with Gasteiger partial charge in [-0.1, -0.05) is 12.1 Å². The number of pyridine rings is 2. The number of aromatic nitrogens is 2. The van der Waals surface area contributed by atoms with E-state index in [2.05, 4.69) is 38.2 Å². The number of hydrogen-bond acceptors (Lipinski definition) is 7. The second kappa shape index (κ2) is 7.95. The highest BCUT2D eigenvalue weighted by Gasteiger charge is 2.42. The number of nitrogens with two attached hydrogens (primary N) is 1. The summed E-state index contributed by atoms with van der Waals surface area (Å²) in [5, 5.41) is 3.63. The normalized spacial score (nSPS) is 34.8. The van der Waals surface area contributed by atoms with Crippen molar-refractivity contribution in [2.75, 3.05) is 24.5 Å². The molecule has 2 aromatic heterocycles. The topological polar surface area (TPSA) is 91.1 Å². The molecule has 154 valence electrons. The number of rotatable bonds is 3. The second-order valence-electron chi connectivity index (χ2n) is 8.35. The van der Waals surface area contributed by atoms with E-state index in [0.717, 1.165) is 24.5 Å². The maximum atomic E-state index is 13.8. The molecule has 6 unspecified atom stereocenters. The number of anilines is 1. The number of fused-ring (bicyclic) bond motifs is 1.